The summed E-state index contributed by atoms with van der Waals surface area (Å²) in [4.78, 5) is 11.7. The van der Waals surface area contributed by atoms with Gasteiger partial charge in [-0.15, -0.1) is 0 Å². The maximum Gasteiger partial charge on any atom is 0.246 e. The quantitative estimate of drug-likeness (QED) is 0.746. The minimum absolute atomic E-state index is 0.0333. The zero-order valence-corrected chi connectivity index (χ0v) is 11.8. The summed E-state index contributed by atoms with van der Waals surface area (Å²) in [7, 11) is 0. The summed E-state index contributed by atoms with van der Waals surface area (Å²) in [5.41, 5.74) is 0.690. The fourth-order valence-corrected chi connectivity index (χ4v) is 2.75. The van der Waals surface area contributed by atoms with Gasteiger partial charge in [-0.2, -0.15) is 0 Å². The Hall–Kier alpha value is -0.790. The monoisotopic (exact) mass is 237 g/mol. The van der Waals surface area contributed by atoms with Crippen LogP contribution in [0.25, 0.3) is 0 Å². The SMILES string of the molecule is C=C(CC)C(=O)NCC1CC(C)C(C)C[C@@H]1C. The molecule has 0 saturated heterocycles. The molecule has 0 aromatic carbocycles. The third-order valence-corrected chi connectivity index (χ3v) is 4.47. The van der Waals surface area contributed by atoms with Crippen molar-refractivity contribution in [2.45, 2.75) is 47.0 Å². The number of carbonyl (C=O) groups is 1. The van der Waals surface area contributed by atoms with Gasteiger partial charge in [0.25, 0.3) is 0 Å². The summed E-state index contributed by atoms with van der Waals surface area (Å²) < 4.78 is 0. The van der Waals surface area contributed by atoms with Crippen LogP contribution in [-0.4, -0.2) is 12.5 Å². The maximum absolute atomic E-state index is 11.7. The molecule has 1 fully saturated rings. The molecule has 0 bridgehead atoms. The lowest BCUT2D eigenvalue weighted by Crippen LogP contribution is -2.37. The average Bonchev–Trinajstić information content (AvgIpc) is 2.30. The molecule has 1 aliphatic rings. The third kappa shape index (κ3) is 3.86. The van der Waals surface area contributed by atoms with Crippen molar-refractivity contribution in [2.24, 2.45) is 23.7 Å². The minimum atomic E-state index is 0.0333. The molecule has 1 aliphatic carbocycles. The zero-order chi connectivity index (χ0) is 13.0. The van der Waals surface area contributed by atoms with E-state index in [1.807, 2.05) is 6.92 Å². The van der Waals surface area contributed by atoms with Gasteiger partial charge in [0.2, 0.25) is 5.91 Å². The zero-order valence-electron chi connectivity index (χ0n) is 11.8. The van der Waals surface area contributed by atoms with Crippen molar-refractivity contribution in [1.82, 2.24) is 5.32 Å². The Balaban J connectivity index is 2.41. The molecule has 1 rings (SSSR count). The van der Waals surface area contributed by atoms with Gasteiger partial charge in [-0.25, -0.2) is 0 Å². The van der Waals surface area contributed by atoms with Crippen LogP contribution in [-0.2, 0) is 4.79 Å². The fourth-order valence-electron chi connectivity index (χ4n) is 2.75. The van der Waals surface area contributed by atoms with Crippen LogP contribution in [0.4, 0.5) is 0 Å². The Morgan fingerprint density at radius 2 is 1.76 bits per heavy atom. The molecular formula is C15H27NO. The Labute approximate surface area is 106 Å². The van der Waals surface area contributed by atoms with Gasteiger partial charge < -0.3 is 5.32 Å². The molecule has 0 spiro atoms. The first-order valence-electron chi connectivity index (χ1n) is 6.91. The number of nitrogens with one attached hydrogen (secondary N) is 1. The predicted molar refractivity (Wildman–Crippen MR) is 72.7 cm³/mol. The van der Waals surface area contributed by atoms with Crippen LogP contribution in [0.15, 0.2) is 12.2 Å². The van der Waals surface area contributed by atoms with E-state index in [9.17, 15) is 4.79 Å². The van der Waals surface area contributed by atoms with Crippen molar-refractivity contribution in [3.05, 3.63) is 12.2 Å². The molecule has 1 N–H and O–H groups in total. The first-order chi connectivity index (χ1) is 7.95. The van der Waals surface area contributed by atoms with E-state index in [-0.39, 0.29) is 5.91 Å². The smallest absolute Gasteiger partial charge is 0.246 e. The van der Waals surface area contributed by atoms with E-state index in [2.05, 4.69) is 32.7 Å². The molecule has 2 heteroatoms. The molecule has 3 unspecified atom stereocenters. The number of hydrogen-bond donors (Lipinski definition) is 1. The van der Waals surface area contributed by atoms with E-state index in [0.29, 0.717) is 11.5 Å². The highest BCUT2D eigenvalue weighted by atomic mass is 16.1. The Kier molecular flexibility index (Phi) is 5.23. The summed E-state index contributed by atoms with van der Waals surface area (Å²) >= 11 is 0. The Morgan fingerprint density at radius 1 is 1.18 bits per heavy atom. The van der Waals surface area contributed by atoms with Crippen molar-refractivity contribution in [3.63, 3.8) is 0 Å². The van der Waals surface area contributed by atoms with Crippen molar-refractivity contribution in [2.75, 3.05) is 6.54 Å². The second-order valence-electron chi connectivity index (χ2n) is 5.83. The number of amides is 1. The summed E-state index contributed by atoms with van der Waals surface area (Å²) in [6.45, 7) is 13.5. The highest BCUT2D eigenvalue weighted by Gasteiger charge is 2.30. The van der Waals surface area contributed by atoms with Gasteiger partial charge in [-0.1, -0.05) is 34.3 Å². The first kappa shape index (κ1) is 14.3. The topological polar surface area (TPSA) is 29.1 Å². The number of carbonyl (C=O) groups excluding carboxylic acids is 1. The summed E-state index contributed by atoms with van der Waals surface area (Å²) in [6, 6.07) is 0. The van der Waals surface area contributed by atoms with Crippen LogP contribution in [0, 0.1) is 23.7 Å². The van der Waals surface area contributed by atoms with E-state index < -0.39 is 0 Å². The lowest BCUT2D eigenvalue weighted by molar-refractivity contribution is -0.117. The molecular weight excluding hydrogens is 210 g/mol. The van der Waals surface area contributed by atoms with Crippen molar-refractivity contribution >= 4 is 5.91 Å². The van der Waals surface area contributed by atoms with Crippen LogP contribution in [0.5, 0.6) is 0 Å². The van der Waals surface area contributed by atoms with Crippen molar-refractivity contribution < 1.29 is 4.79 Å². The highest BCUT2D eigenvalue weighted by molar-refractivity contribution is 5.92. The second-order valence-corrected chi connectivity index (χ2v) is 5.83. The van der Waals surface area contributed by atoms with Gasteiger partial charge in [0.05, 0.1) is 0 Å². The predicted octanol–water partition coefficient (Wildman–Crippen LogP) is 3.39. The van der Waals surface area contributed by atoms with Gasteiger partial charge in [-0.3, -0.25) is 4.79 Å². The molecule has 0 aromatic heterocycles. The summed E-state index contributed by atoms with van der Waals surface area (Å²) in [6.07, 6.45) is 3.26. The first-order valence-corrected chi connectivity index (χ1v) is 6.91. The Morgan fingerprint density at radius 3 is 2.35 bits per heavy atom. The third-order valence-electron chi connectivity index (χ3n) is 4.47. The lowest BCUT2D eigenvalue weighted by Gasteiger charge is -2.37. The standard InChI is InChI=1S/C15H27NO/c1-6-10(2)15(17)16-9-14-8-12(4)11(3)7-13(14)5/h11-14H,2,6-9H2,1,3-5H3,(H,16,17)/t11?,12?,13-,14?/m0/s1. The molecule has 2 nitrogen and oxygen atoms in total. The Bertz CT molecular complexity index is 285. The lowest BCUT2D eigenvalue weighted by atomic mass is 9.70. The van der Waals surface area contributed by atoms with Gasteiger partial charge >= 0.3 is 0 Å². The van der Waals surface area contributed by atoms with Crippen LogP contribution >= 0.6 is 0 Å². The fraction of sp³-hybridized carbons (Fsp3) is 0.800. The minimum Gasteiger partial charge on any atom is -0.352 e. The van der Waals surface area contributed by atoms with Crippen molar-refractivity contribution in [1.29, 1.82) is 0 Å². The molecule has 17 heavy (non-hydrogen) atoms. The van der Waals surface area contributed by atoms with Gasteiger partial charge in [0, 0.05) is 12.1 Å². The van der Waals surface area contributed by atoms with E-state index >= 15 is 0 Å². The van der Waals surface area contributed by atoms with Crippen LogP contribution in [0.1, 0.15) is 47.0 Å². The number of hydrogen-bond acceptors (Lipinski definition) is 1. The molecule has 0 aromatic rings. The number of rotatable bonds is 4. The van der Waals surface area contributed by atoms with Gasteiger partial charge in [-0.05, 0) is 42.9 Å². The van der Waals surface area contributed by atoms with Gasteiger partial charge in [0.1, 0.15) is 0 Å². The molecule has 98 valence electrons. The van der Waals surface area contributed by atoms with Crippen LogP contribution in [0.3, 0.4) is 0 Å². The average molecular weight is 237 g/mol. The summed E-state index contributed by atoms with van der Waals surface area (Å²) in [5.74, 6) is 2.99. The van der Waals surface area contributed by atoms with E-state index in [1.54, 1.807) is 0 Å². The molecule has 0 heterocycles. The largest absolute Gasteiger partial charge is 0.352 e. The highest BCUT2D eigenvalue weighted by Crippen LogP contribution is 2.36. The molecule has 4 atom stereocenters. The molecule has 0 aliphatic heterocycles. The molecule has 1 amide bonds. The molecule has 1 saturated carbocycles. The molecule has 0 radical (unpaired) electrons. The van der Waals surface area contributed by atoms with E-state index in [1.165, 1.54) is 12.8 Å². The maximum atomic E-state index is 11.7. The summed E-state index contributed by atoms with van der Waals surface area (Å²) in [5, 5.41) is 3.03. The van der Waals surface area contributed by atoms with E-state index in [0.717, 1.165) is 30.7 Å². The van der Waals surface area contributed by atoms with Crippen molar-refractivity contribution in [3.8, 4) is 0 Å². The van der Waals surface area contributed by atoms with Gasteiger partial charge in [0.15, 0.2) is 0 Å². The van der Waals surface area contributed by atoms with E-state index in [4.69, 9.17) is 0 Å². The van der Waals surface area contributed by atoms with Crippen LogP contribution in [0.2, 0.25) is 0 Å². The second kappa shape index (κ2) is 6.23. The van der Waals surface area contributed by atoms with Crippen LogP contribution < -0.4 is 5.32 Å². The normalized spacial score (nSPS) is 33.2.